The Labute approximate surface area is 140 Å². The number of nitrogens with zero attached hydrogens (tertiary/aromatic N) is 3. The molecule has 24 heavy (non-hydrogen) atoms. The predicted molar refractivity (Wildman–Crippen MR) is 84.4 cm³/mol. The van der Waals surface area contributed by atoms with Crippen LogP contribution in [0.5, 0.6) is 0 Å². The van der Waals surface area contributed by atoms with E-state index in [9.17, 15) is 13.2 Å². The van der Waals surface area contributed by atoms with Crippen LogP contribution in [-0.2, 0) is 26.1 Å². The smallest absolute Gasteiger partial charge is 0.321 e. The summed E-state index contributed by atoms with van der Waals surface area (Å²) in [6.45, 7) is 4.39. The summed E-state index contributed by atoms with van der Waals surface area (Å²) in [5.74, 6) is -0.467. The summed E-state index contributed by atoms with van der Waals surface area (Å²) in [5.41, 5.74) is 0.750. The first-order valence-electron chi connectivity index (χ1n) is 7.34. The average Bonchev–Trinajstić information content (AvgIpc) is 2.87. The van der Waals surface area contributed by atoms with Gasteiger partial charge in [0, 0.05) is 6.20 Å². The maximum absolute atomic E-state index is 13.0. The number of esters is 1. The van der Waals surface area contributed by atoms with Gasteiger partial charge in [-0.15, -0.1) is 0 Å². The van der Waals surface area contributed by atoms with Crippen molar-refractivity contribution in [2.24, 2.45) is 0 Å². The molecule has 0 aliphatic rings. The van der Waals surface area contributed by atoms with E-state index in [1.54, 1.807) is 31.3 Å². The second-order valence-corrected chi connectivity index (χ2v) is 6.93. The van der Waals surface area contributed by atoms with Gasteiger partial charge in [0.15, 0.2) is 5.76 Å². The molecule has 0 bridgehead atoms. The van der Waals surface area contributed by atoms with Gasteiger partial charge < -0.3 is 9.26 Å². The van der Waals surface area contributed by atoms with Gasteiger partial charge in [0.1, 0.15) is 17.1 Å². The minimum Gasteiger partial charge on any atom is -0.465 e. The standard InChI is InChI=1S/C15H19N3O5S/c1-4-22-14(19)10-18(9-13-7-5-6-8-16-13)24(20,21)15-11(2)17-23-12(15)3/h5-8H,4,9-10H2,1-3H3. The molecule has 2 rings (SSSR count). The van der Waals surface area contributed by atoms with E-state index in [0.717, 1.165) is 4.31 Å². The van der Waals surface area contributed by atoms with Crippen molar-refractivity contribution in [1.29, 1.82) is 0 Å². The summed E-state index contributed by atoms with van der Waals surface area (Å²) >= 11 is 0. The highest BCUT2D eigenvalue weighted by atomic mass is 32.2. The van der Waals surface area contributed by atoms with Crippen LogP contribution in [0.4, 0.5) is 0 Å². The Morgan fingerprint density at radius 3 is 2.62 bits per heavy atom. The fourth-order valence-corrected chi connectivity index (χ4v) is 3.87. The molecule has 0 N–H and O–H groups in total. The topological polar surface area (TPSA) is 103 Å². The van der Waals surface area contributed by atoms with Gasteiger partial charge in [-0.1, -0.05) is 11.2 Å². The van der Waals surface area contributed by atoms with E-state index in [1.807, 2.05) is 0 Å². The van der Waals surface area contributed by atoms with Crippen LogP contribution < -0.4 is 0 Å². The molecule has 8 nitrogen and oxygen atoms in total. The minimum absolute atomic E-state index is 0.0391. The molecule has 130 valence electrons. The molecular formula is C15H19N3O5S. The van der Waals surface area contributed by atoms with Crippen LogP contribution in [-0.4, -0.2) is 42.0 Å². The lowest BCUT2D eigenvalue weighted by Gasteiger charge is -2.20. The molecule has 0 atom stereocenters. The molecule has 0 unspecified atom stereocenters. The molecule has 0 aliphatic heterocycles. The van der Waals surface area contributed by atoms with Crippen LogP contribution in [0, 0.1) is 13.8 Å². The van der Waals surface area contributed by atoms with Gasteiger partial charge in [-0.05, 0) is 32.9 Å². The van der Waals surface area contributed by atoms with Crippen LogP contribution in [0.2, 0.25) is 0 Å². The second-order valence-electron chi connectivity index (χ2n) is 5.05. The zero-order valence-electron chi connectivity index (χ0n) is 13.7. The van der Waals surface area contributed by atoms with Gasteiger partial charge in [-0.2, -0.15) is 4.31 Å². The Kier molecular flexibility index (Phi) is 5.68. The molecule has 0 aliphatic carbocycles. The van der Waals surface area contributed by atoms with E-state index in [4.69, 9.17) is 9.26 Å². The molecule has 0 saturated heterocycles. The predicted octanol–water partition coefficient (Wildman–Crippen LogP) is 1.44. The van der Waals surface area contributed by atoms with Crippen molar-refractivity contribution in [3.63, 3.8) is 0 Å². The molecule has 2 heterocycles. The fourth-order valence-electron chi connectivity index (χ4n) is 2.22. The van der Waals surface area contributed by atoms with Gasteiger partial charge >= 0.3 is 5.97 Å². The van der Waals surface area contributed by atoms with Gasteiger partial charge in [0.05, 0.1) is 18.8 Å². The van der Waals surface area contributed by atoms with Crippen molar-refractivity contribution in [1.82, 2.24) is 14.4 Å². The molecule has 0 amide bonds. The SMILES string of the molecule is CCOC(=O)CN(Cc1ccccn1)S(=O)(=O)c1c(C)noc1C. The van der Waals surface area contributed by atoms with Crippen molar-refractivity contribution >= 4 is 16.0 Å². The number of aromatic nitrogens is 2. The average molecular weight is 353 g/mol. The maximum atomic E-state index is 13.0. The quantitative estimate of drug-likeness (QED) is 0.694. The number of sulfonamides is 1. The lowest BCUT2D eigenvalue weighted by Crippen LogP contribution is -2.36. The Hall–Kier alpha value is -2.26. The first-order valence-corrected chi connectivity index (χ1v) is 8.78. The second kappa shape index (κ2) is 7.54. The highest BCUT2D eigenvalue weighted by Gasteiger charge is 2.33. The van der Waals surface area contributed by atoms with E-state index >= 15 is 0 Å². The first-order chi connectivity index (χ1) is 11.4. The third-order valence-electron chi connectivity index (χ3n) is 3.24. The normalized spacial score (nSPS) is 11.7. The molecule has 2 aromatic heterocycles. The summed E-state index contributed by atoms with van der Waals surface area (Å²) in [4.78, 5) is 15.9. The van der Waals surface area contributed by atoms with Crippen LogP contribution in [0.1, 0.15) is 24.1 Å². The van der Waals surface area contributed by atoms with Crippen molar-refractivity contribution in [3.8, 4) is 0 Å². The van der Waals surface area contributed by atoms with Crippen molar-refractivity contribution in [3.05, 3.63) is 41.5 Å². The van der Waals surface area contributed by atoms with E-state index < -0.39 is 22.5 Å². The van der Waals surface area contributed by atoms with Crippen molar-refractivity contribution in [2.75, 3.05) is 13.2 Å². The Morgan fingerprint density at radius 1 is 1.33 bits per heavy atom. The van der Waals surface area contributed by atoms with Crippen LogP contribution in [0.15, 0.2) is 33.8 Å². The first kappa shape index (κ1) is 18.1. The molecule has 0 aromatic carbocycles. The lowest BCUT2D eigenvalue weighted by atomic mass is 10.3. The van der Waals surface area contributed by atoms with E-state index in [1.165, 1.54) is 13.8 Å². The van der Waals surface area contributed by atoms with Crippen molar-refractivity contribution < 1.29 is 22.5 Å². The van der Waals surface area contributed by atoms with Crippen LogP contribution >= 0.6 is 0 Å². The van der Waals surface area contributed by atoms with Crippen LogP contribution in [0.25, 0.3) is 0 Å². The highest BCUT2D eigenvalue weighted by Crippen LogP contribution is 2.24. The summed E-state index contributed by atoms with van der Waals surface area (Å²) in [7, 11) is -3.99. The molecule has 0 saturated carbocycles. The van der Waals surface area contributed by atoms with Crippen molar-refractivity contribution in [2.45, 2.75) is 32.2 Å². The summed E-state index contributed by atoms with van der Waals surface area (Å²) in [5, 5.41) is 3.67. The number of aryl methyl sites for hydroxylation is 2. The monoisotopic (exact) mass is 353 g/mol. The third-order valence-corrected chi connectivity index (χ3v) is 5.28. The molecule has 0 radical (unpaired) electrons. The molecule has 2 aromatic rings. The van der Waals surface area contributed by atoms with Crippen LogP contribution in [0.3, 0.4) is 0 Å². The van der Waals surface area contributed by atoms with Gasteiger partial charge in [-0.3, -0.25) is 9.78 Å². The maximum Gasteiger partial charge on any atom is 0.321 e. The lowest BCUT2D eigenvalue weighted by molar-refractivity contribution is -0.143. The summed E-state index contributed by atoms with van der Waals surface area (Å²) < 4.78 is 36.8. The number of rotatable bonds is 7. The highest BCUT2D eigenvalue weighted by molar-refractivity contribution is 7.89. The summed E-state index contributed by atoms with van der Waals surface area (Å²) in [6, 6.07) is 5.15. The number of hydrogen-bond donors (Lipinski definition) is 0. The Morgan fingerprint density at radius 2 is 2.08 bits per heavy atom. The fraction of sp³-hybridized carbons (Fsp3) is 0.400. The Balaban J connectivity index is 2.39. The molecule has 0 fully saturated rings. The molecular weight excluding hydrogens is 334 g/mol. The summed E-state index contributed by atoms with van der Waals surface area (Å²) in [6.07, 6.45) is 1.56. The Bertz CT molecular complexity index is 782. The minimum atomic E-state index is -3.99. The van der Waals surface area contributed by atoms with Gasteiger partial charge in [0.25, 0.3) is 0 Å². The third kappa shape index (κ3) is 3.98. The van der Waals surface area contributed by atoms with E-state index in [0.29, 0.717) is 5.69 Å². The van der Waals surface area contributed by atoms with E-state index in [2.05, 4.69) is 10.1 Å². The number of ether oxygens (including phenoxy) is 1. The van der Waals surface area contributed by atoms with Gasteiger partial charge in [-0.25, -0.2) is 8.42 Å². The molecule has 0 spiro atoms. The van der Waals surface area contributed by atoms with E-state index in [-0.39, 0.29) is 29.5 Å². The van der Waals surface area contributed by atoms with Gasteiger partial charge in [0.2, 0.25) is 10.0 Å². The largest absolute Gasteiger partial charge is 0.465 e. The number of carbonyl (C=O) groups is 1. The number of hydrogen-bond acceptors (Lipinski definition) is 7. The number of carbonyl (C=O) groups excluding carboxylic acids is 1. The number of pyridine rings is 1. The zero-order chi connectivity index (χ0) is 17.7. The molecule has 9 heteroatoms. The zero-order valence-corrected chi connectivity index (χ0v) is 14.5.